The molecule has 1 fully saturated rings. The van der Waals surface area contributed by atoms with E-state index in [1.54, 1.807) is 42.5 Å². The van der Waals surface area contributed by atoms with Gasteiger partial charge in [-0.05, 0) is 85.8 Å². The first-order chi connectivity index (χ1) is 18.4. The van der Waals surface area contributed by atoms with Gasteiger partial charge in [-0.1, -0.05) is 30.3 Å². The fourth-order valence-corrected chi connectivity index (χ4v) is 5.18. The Labute approximate surface area is 221 Å². The van der Waals surface area contributed by atoms with Gasteiger partial charge in [0, 0.05) is 6.54 Å². The summed E-state index contributed by atoms with van der Waals surface area (Å²) in [5.74, 6) is -0.533. The summed E-state index contributed by atoms with van der Waals surface area (Å²) >= 11 is 0. The third kappa shape index (κ3) is 5.97. The van der Waals surface area contributed by atoms with E-state index < -0.39 is 11.6 Å². The van der Waals surface area contributed by atoms with Crippen molar-refractivity contribution in [2.24, 2.45) is 5.92 Å². The van der Waals surface area contributed by atoms with Crippen molar-refractivity contribution in [2.45, 2.75) is 24.9 Å². The molecule has 3 aromatic rings. The van der Waals surface area contributed by atoms with Crippen LogP contribution >= 0.6 is 0 Å². The molecule has 0 atom stereocenters. The van der Waals surface area contributed by atoms with Crippen LogP contribution in [0.25, 0.3) is 0 Å². The van der Waals surface area contributed by atoms with E-state index in [1.807, 2.05) is 0 Å². The number of likely N-dealkylation sites (tertiary alicyclic amines) is 1. The SMILES string of the molecule is COC(=O)c1cccc(OC)c1OCCCN1CCC(C(O)(c2ccc(F)cc2)c2ccc(F)cc2)CC1. The van der Waals surface area contributed by atoms with Crippen molar-refractivity contribution in [1.82, 2.24) is 4.90 Å². The molecule has 1 N–H and O–H groups in total. The average Bonchev–Trinajstić information content (AvgIpc) is 2.95. The Morgan fingerprint density at radius 2 is 1.53 bits per heavy atom. The summed E-state index contributed by atoms with van der Waals surface area (Å²) in [6.07, 6.45) is 2.15. The molecule has 1 heterocycles. The van der Waals surface area contributed by atoms with Gasteiger partial charge in [-0.3, -0.25) is 0 Å². The van der Waals surface area contributed by atoms with Gasteiger partial charge in [-0.2, -0.15) is 0 Å². The standard InChI is InChI=1S/C30H33F2NO5/c1-36-27-6-3-5-26(29(34)37-2)28(27)38-20-4-17-33-18-15-23(16-19-33)30(35,21-7-11-24(31)12-8-21)22-9-13-25(32)14-10-22/h3,5-14,23,35H,4,15-20H2,1-2H3. The lowest BCUT2D eigenvalue weighted by atomic mass is 9.72. The first kappa shape index (κ1) is 27.5. The zero-order valence-corrected chi connectivity index (χ0v) is 21.7. The number of piperidine rings is 1. The van der Waals surface area contributed by atoms with Gasteiger partial charge in [0.25, 0.3) is 0 Å². The molecule has 0 saturated carbocycles. The molecule has 0 aliphatic carbocycles. The van der Waals surface area contributed by atoms with Gasteiger partial charge in [0.1, 0.15) is 22.8 Å². The van der Waals surface area contributed by atoms with Crippen LogP contribution in [0.1, 0.15) is 40.7 Å². The fourth-order valence-electron chi connectivity index (χ4n) is 5.18. The second-order valence-corrected chi connectivity index (χ2v) is 9.43. The van der Waals surface area contributed by atoms with Crippen molar-refractivity contribution in [3.8, 4) is 11.5 Å². The number of carbonyl (C=O) groups is 1. The summed E-state index contributed by atoms with van der Waals surface area (Å²) in [7, 11) is 2.84. The molecule has 4 rings (SSSR count). The van der Waals surface area contributed by atoms with E-state index in [-0.39, 0.29) is 17.6 Å². The first-order valence-electron chi connectivity index (χ1n) is 12.7. The number of para-hydroxylation sites is 1. The molecule has 0 aromatic heterocycles. The van der Waals surface area contributed by atoms with Crippen molar-refractivity contribution >= 4 is 5.97 Å². The lowest BCUT2D eigenvalue weighted by molar-refractivity contribution is -0.0147. The Morgan fingerprint density at radius 1 is 0.947 bits per heavy atom. The molecule has 6 nitrogen and oxygen atoms in total. The van der Waals surface area contributed by atoms with Gasteiger partial charge in [0.05, 0.1) is 20.8 Å². The predicted molar refractivity (Wildman–Crippen MR) is 139 cm³/mol. The van der Waals surface area contributed by atoms with Crippen LogP contribution < -0.4 is 9.47 Å². The highest BCUT2D eigenvalue weighted by Crippen LogP contribution is 2.42. The van der Waals surface area contributed by atoms with E-state index in [0.717, 1.165) is 26.1 Å². The number of esters is 1. The molecular formula is C30H33F2NO5. The molecule has 0 spiro atoms. The van der Waals surface area contributed by atoms with E-state index in [0.29, 0.717) is 47.6 Å². The Hall–Kier alpha value is -3.49. The molecule has 8 heteroatoms. The number of benzene rings is 3. The highest BCUT2D eigenvalue weighted by Gasteiger charge is 2.41. The molecule has 1 saturated heterocycles. The predicted octanol–water partition coefficient (Wildman–Crippen LogP) is 5.18. The second kappa shape index (κ2) is 12.4. The summed E-state index contributed by atoms with van der Waals surface area (Å²) in [5, 5.41) is 12.0. The highest BCUT2D eigenvalue weighted by molar-refractivity contribution is 5.93. The van der Waals surface area contributed by atoms with E-state index in [2.05, 4.69) is 4.90 Å². The van der Waals surface area contributed by atoms with Crippen LogP contribution in [0.4, 0.5) is 8.78 Å². The first-order valence-corrected chi connectivity index (χ1v) is 12.7. The van der Waals surface area contributed by atoms with Gasteiger partial charge in [-0.25, -0.2) is 13.6 Å². The second-order valence-electron chi connectivity index (χ2n) is 9.43. The van der Waals surface area contributed by atoms with Gasteiger partial charge in [0.15, 0.2) is 11.5 Å². The lowest BCUT2D eigenvalue weighted by Gasteiger charge is -2.42. The minimum Gasteiger partial charge on any atom is -0.493 e. The molecule has 0 amide bonds. The van der Waals surface area contributed by atoms with E-state index in [1.165, 1.54) is 38.5 Å². The third-order valence-electron chi connectivity index (χ3n) is 7.22. The molecule has 0 bridgehead atoms. The number of nitrogens with zero attached hydrogens (tertiary/aromatic N) is 1. The molecule has 0 radical (unpaired) electrons. The number of halogens is 2. The van der Waals surface area contributed by atoms with E-state index in [4.69, 9.17) is 14.2 Å². The van der Waals surface area contributed by atoms with E-state index >= 15 is 0 Å². The van der Waals surface area contributed by atoms with Crippen LogP contribution in [0.5, 0.6) is 11.5 Å². The number of hydrogen-bond donors (Lipinski definition) is 1. The largest absolute Gasteiger partial charge is 0.493 e. The molecule has 1 aliphatic rings. The van der Waals surface area contributed by atoms with Gasteiger partial charge < -0.3 is 24.2 Å². The number of hydrogen-bond acceptors (Lipinski definition) is 6. The molecule has 0 unspecified atom stereocenters. The van der Waals surface area contributed by atoms with Crippen LogP contribution in [0.3, 0.4) is 0 Å². The summed E-state index contributed by atoms with van der Waals surface area (Å²) in [4.78, 5) is 14.4. The molecule has 38 heavy (non-hydrogen) atoms. The smallest absolute Gasteiger partial charge is 0.341 e. The lowest BCUT2D eigenvalue weighted by Crippen LogP contribution is -2.44. The van der Waals surface area contributed by atoms with Crippen molar-refractivity contribution < 1.29 is 32.9 Å². The summed E-state index contributed by atoms with van der Waals surface area (Å²) in [5.41, 5.74) is 0.143. The van der Waals surface area contributed by atoms with Gasteiger partial charge >= 0.3 is 5.97 Å². The Bertz CT molecular complexity index is 1160. The summed E-state index contributed by atoms with van der Waals surface area (Å²) in [6.45, 7) is 2.69. The van der Waals surface area contributed by atoms with Crippen molar-refractivity contribution in [3.63, 3.8) is 0 Å². The number of aliphatic hydroxyl groups is 1. The zero-order chi connectivity index (χ0) is 27.1. The maximum absolute atomic E-state index is 13.6. The molecular weight excluding hydrogens is 492 g/mol. The zero-order valence-electron chi connectivity index (χ0n) is 21.7. The minimum atomic E-state index is -1.36. The molecule has 3 aromatic carbocycles. The molecule has 1 aliphatic heterocycles. The van der Waals surface area contributed by atoms with Crippen molar-refractivity contribution in [3.05, 3.63) is 95.1 Å². The fraction of sp³-hybridized carbons (Fsp3) is 0.367. The minimum absolute atomic E-state index is 0.123. The quantitative estimate of drug-likeness (QED) is 0.291. The van der Waals surface area contributed by atoms with Crippen molar-refractivity contribution in [2.75, 3.05) is 40.5 Å². The van der Waals surface area contributed by atoms with Gasteiger partial charge in [0.2, 0.25) is 0 Å². The number of carbonyl (C=O) groups excluding carboxylic acids is 1. The van der Waals surface area contributed by atoms with Crippen LogP contribution in [0.15, 0.2) is 66.7 Å². The highest BCUT2D eigenvalue weighted by atomic mass is 19.1. The Balaban J connectivity index is 1.38. The number of ether oxygens (including phenoxy) is 3. The monoisotopic (exact) mass is 525 g/mol. The number of methoxy groups -OCH3 is 2. The number of rotatable bonds is 10. The van der Waals surface area contributed by atoms with E-state index in [9.17, 15) is 18.7 Å². The summed E-state index contributed by atoms with van der Waals surface area (Å²) < 4.78 is 43.4. The Kier molecular flexibility index (Phi) is 8.97. The average molecular weight is 526 g/mol. The summed E-state index contributed by atoms with van der Waals surface area (Å²) in [6, 6.07) is 16.8. The van der Waals surface area contributed by atoms with Gasteiger partial charge in [-0.15, -0.1) is 0 Å². The maximum atomic E-state index is 13.6. The molecule has 202 valence electrons. The normalized spacial score (nSPS) is 14.8. The van der Waals surface area contributed by atoms with Crippen LogP contribution in [0.2, 0.25) is 0 Å². The maximum Gasteiger partial charge on any atom is 0.341 e. The Morgan fingerprint density at radius 3 is 2.05 bits per heavy atom. The van der Waals surface area contributed by atoms with Crippen LogP contribution in [0, 0.1) is 17.6 Å². The van der Waals surface area contributed by atoms with Crippen LogP contribution in [-0.4, -0.2) is 56.4 Å². The van der Waals surface area contributed by atoms with Crippen LogP contribution in [-0.2, 0) is 10.3 Å². The third-order valence-corrected chi connectivity index (χ3v) is 7.22. The van der Waals surface area contributed by atoms with Crippen molar-refractivity contribution in [1.29, 1.82) is 0 Å². The topological polar surface area (TPSA) is 68.2 Å².